The highest BCUT2D eigenvalue weighted by Crippen LogP contribution is 2.63. The molecule has 5 rings (SSSR count). The molecule has 0 radical (unpaired) electrons. The van der Waals surface area contributed by atoms with Gasteiger partial charge in [-0.1, -0.05) is 20.8 Å². The SMILES string of the molecule is CC(C)(C)c1c(O)cc(C23CC4CC(CC(C4)C2)C3)c(O)c1O. The molecular weight excluding hydrogens is 288 g/mol. The van der Waals surface area contributed by atoms with Gasteiger partial charge in [0.05, 0.1) is 0 Å². The van der Waals surface area contributed by atoms with Gasteiger partial charge in [0, 0.05) is 16.5 Å². The van der Waals surface area contributed by atoms with E-state index in [9.17, 15) is 15.3 Å². The molecule has 3 nitrogen and oxygen atoms in total. The van der Waals surface area contributed by atoms with E-state index in [-0.39, 0.29) is 22.7 Å². The van der Waals surface area contributed by atoms with Crippen LogP contribution in [0.25, 0.3) is 0 Å². The highest BCUT2D eigenvalue weighted by molar-refractivity contribution is 5.61. The third kappa shape index (κ3) is 2.15. The van der Waals surface area contributed by atoms with E-state index in [0.29, 0.717) is 5.56 Å². The van der Waals surface area contributed by atoms with E-state index in [1.54, 1.807) is 6.07 Å². The highest BCUT2D eigenvalue weighted by Gasteiger charge is 2.53. The Morgan fingerprint density at radius 3 is 1.78 bits per heavy atom. The first kappa shape index (κ1) is 15.2. The van der Waals surface area contributed by atoms with Crippen LogP contribution in [0.5, 0.6) is 17.2 Å². The van der Waals surface area contributed by atoms with E-state index in [0.717, 1.165) is 42.6 Å². The van der Waals surface area contributed by atoms with E-state index in [1.165, 1.54) is 19.3 Å². The van der Waals surface area contributed by atoms with Gasteiger partial charge in [0.1, 0.15) is 5.75 Å². The summed E-state index contributed by atoms with van der Waals surface area (Å²) in [6.07, 6.45) is 7.29. The second-order valence-corrected chi connectivity index (χ2v) is 9.46. The first-order valence-electron chi connectivity index (χ1n) is 8.98. The minimum atomic E-state index is -0.411. The Bertz CT molecular complexity index is 619. The predicted octanol–water partition coefficient (Wildman–Crippen LogP) is 4.57. The van der Waals surface area contributed by atoms with Crippen molar-refractivity contribution in [1.82, 2.24) is 0 Å². The van der Waals surface area contributed by atoms with Gasteiger partial charge in [-0.2, -0.15) is 0 Å². The molecule has 3 N–H and O–H groups in total. The number of phenols is 3. The average Bonchev–Trinajstić information content (AvgIpc) is 2.39. The first-order chi connectivity index (χ1) is 10.7. The van der Waals surface area contributed by atoms with Gasteiger partial charge in [-0.15, -0.1) is 0 Å². The van der Waals surface area contributed by atoms with E-state index in [2.05, 4.69) is 0 Å². The zero-order valence-electron chi connectivity index (χ0n) is 14.4. The van der Waals surface area contributed by atoms with Crippen LogP contribution in [0.3, 0.4) is 0 Å². The van der Waals surface area contributed by atoms with E-state index >= 15 is 0 Å². The number of rotatable bonds is 1. The maximum Gasteiger partial charge on any atom is 0.165 e. The second-order valence-electron chi connectivity index (χ2n) is 9.46. The summed E-state index contributed by atoms with van der Waals surface area (Å²) in [5.74, 6) is 2.28. The molecule has 4 aliphatic carbocycles. The fourth-order valence-electron chi connectivity index (χ4n) is 6.23. The Labute approximate surface area is 138 Å². The minimum Gasteiger partial charge on any atom is -0.507 e. The van der Waals surface area contributed by atoms with Crippen molar-refractivity contribution in [3.63, 3.8) is 0 Å². The zero-order valence-corrected chi connectivity index (χ0v) is 14.4. The second kappa shape index (κ2) is 4.58. The van der Waals surface area contributed by atoms with Crippen molar-refractivity contribution in [3.05, 3.63) is 17.2 Å². The molecule has 3 heteroatoms. The Morgan fingerprint density at radius 1 is 0.870 bits per heavy atom. The maximum absolute atomic E-state index is 10.8. The van der Waals surface area contributed by atoms with Crippen LogP contribution in [-0.2, 0) is 10.8 Å². The molecule has 126 valence electrons. The van der Waals surface area contributed by atoms with Gasteiger partial charge in [-0.05, 0) is 67.8 Å². The molecule has 0 aliphatic heterocycles. The third-order valence-electron chi connectivity index (χ3n) is 6.61. The third-order valence-corrected chi connectivity index (χ3v) is 6.61. The van der Waals surface area contributed by atoms with Gasteiger partial charge in [0.25, 0.3) is 0 Å². The first-order valence-corrected chi connectivity index (χ1v) is 8.98. The number of hydrogen-bond donors (Lipinski definition) is 3. The zero-order chi connectivity index (χ0) is 16.6. The lowest BCUT2D eigenvalue weighted by Crippen LogP contribution is -2.48. The van der Waals surface area contributed by atoms with Crippen LogP contribution >= 0.6 is 0 Å². The lowest BCUT2D eigenvalue weighted by Gasteiger charge is -2.57. The van der Waals surface area contributed by atoms with Crippen molar-refractivity contribution in [2.75, 3.05) is 0 Å². The standard InChI is InChI=1S/C20H28O3/c1-19(2,3)16-15(21)7-14(17(22)18(16)23)20-8-11-4-12(9-20)6-13(5-11)10-20/h7,11-13,21-23H,4-6,8-10H2,1-3H3. The Kier molecular flexibility index (Phi) is 3.02. The number of aromatic hydroxyl groups is 3. The molecule has 0 heterocycles. The summed E-state index contributed by atoms with van der Waals surface area (Å²) in [5.41, 5.74) is 0.790. The van der Waals surface area contributed by atoms with Crippen molar-refractivity contribution in [2.24, 2.45) is 17.8 Å². The molecule has 4 aliphatic rings. The molecule has 0 amide bonds. The lowest BCUT2D eigenvalue weighted by atomic mass is 9.48. The largest absolute Gasteiger partial charge is 0.507 e. The molecular formula is C20H28O3. The van der Waals surface area contributed by atoms with Gasteiger partial charge in [-0.25, -0.2) is 0 Å². The fraction of sp³-hybridized carbons (Fsp3) is 0.700. The predicted molar refractivity (Wildman–Crippen MR) is 90.0 cm³/mol. The van der Waals surface area contributed by atoms with E-state index in [4.69, 9.17) is 0 Å². The fourth-order valence-corrected chi connectivity index (χ4v) is 6.23. The smallest absolute Gasteiger partial charge is 0.165 e. The molecule has 0 unspecified atom stereocenters. The van der Waals surface area contributed by atoms with Crippen LogP contribution in [0, 0.1) is 17.8 Å². The summed E-state index contributed by atoms with van der Waals surface area (Å²) in [7, 11) is 0. The van der Waals surface area contributed by atoms with Crippen molar-refractivity contribution in [3.8, 4) is 17.2 Å². The molecule has 4 fully saturated rings. The van der Waals surface area contributed by atoms with Gasteiger partial charge >= 0.3 is 0 Å². The summed E-state index contributed by atoms with van der Waals surface area (Å²) >= 11 is 0. The summed E-state index contributed by atoms with van der Waals surface area (Å²) in [4.78, 5) is 0. The molecule has 0 saturated heterocycles. The minimum absolute atomic E-state index is 0.00896. The summed E-state index contributed by atoms with van der Waals surface area (Å²) in [5, 5.41) is 31.9. The van der Waals surface area contributed by atoms with Crippen LogP contribution < -0.4 is 0 Å². The van der Waals surface area contributed by atoms with Gasteiger partial charge in [0.2, 0.25) is 0 Å². The van der Waals surface area contributed by atoms with Crippen molar-refractivity contribution >= 4 is 0 Å². The molecule has 0 atom stereocenters. The van der Waals surface area contributed by atoms with Gasteiger partial charge in [-0.3, -0.25) is 0 Å². The van der Waals surface area contributed by atoms with Crippen molar-refractivity contribution in [2.45, 2.75) is 70.1 Å². The number of hydrogen-bond acceptors (Lipinski definition) is 3. The summed E-state index contributed by atoms with van der Waals surface area (Å²) < 4.78 is 0. The van der Waals surface area contributed by atoms with E-state index in [1.807, 2.05) is 20.8 Å². The average molecular weight is 316 g/mol. The van der Waals surface area contributed by atoms with Crippen LogP contribution in [0.2, 0.25) is 0 Å². The molecule has 4 bridgehead atoms. The van der Waals surface area contributed by atoms with Gasteiger partial charge in [0.15, 0.2) is 11.5 Å². The molecule has 0 spiro atoms. The Balaban J connectivity index is 1.84. The molecule has 1 aromatic rings. The molecule has 4 saturated carbocycles. The topological polar surface area (TPSA) is 60.7 Å². The van der Waals surface area contributed by atoms with Crippen molar-refractivity contribution < 1.29 is 15.3 Å². The van der Waals surface area contributed by atoms with Crippen molar-refractivity contribution in [1.29, 1.82) is 0 Å². The number of benzene rings is 1. The molecule has 0 aromatic heterocycles. The maximum atomic E-state index is 10.8. The molecule has 1 aromatic carbocycles. The summed E-state index contributed by atoms with van der Waals surface area (Å²) in [6.45, 7) is 5.81. The van der Waals surface area contributed by atoms with Crippen LogP contribution in [-0.4, -0.2) is 15.3 Å². The normalized spacial score (nSPS) is 35.7. The monoisotopic (exact) mass is 316 g/mol. The Morgan fingerprint density at radius 2 is 1.35 bits per heavy atom. The van der Waals surface area contributed by atoms with Gasteiger partial charge < -0.3 is 15.3 Å². The summed E-state index contributed by atoms with van der Waals surface area (Å²) in [6, 6.07) is 1.75. The molecule has 23 heavy (non-hydrogen) atoms. The Hall–Kier alpha value is -1.38. The van der Waals surface area contributed by atoms with Crippen LogP contribution in [0.1, 0.15) is 70.4 Å². The number of phenolic OH excluding ortho intramolecular Hbond substituents is 3. The lowest BCUT2D eigenvalue weighted by molar-refractivity contribution is -0.00639. The highest BCUT2D eigenvalue weighted by atomic mass is 16.3. The quantitative estimate of drug-likeness (QED) is 0.525. The van der Waals surface area contributed by atoms with Crippen LogP contribution in [0.4, 0.5) is 0 Å². The van der Waals surface area contributed by atoms with E-state index < -0.39 is 5.41 Å². The van der Waals surface area contributed by atoms with Crippen LogP contribution in [0.15, 0.2) is 6.07 Å².